The molecule has 0 aliphatic heterocycles. The predicted molar refractivity (Wildman–Crippen MR) is 29.0 cm³/mol. The average Bonchev–Trinajstić information content (AvgIpc) is 1.82. The van der Waals surface area contributed by atoms with Gasteiger partial charge in [0.1, 0.15) is 6.67 Å². The molecule has 0 heterocycles. The van der Waals surface area contributed by atoms with Gasteiger partial charge in [-0.2, -0.15) is 0 Å². The zero-order chi connectivity index (χ0) is 7.28. The lowest BCUT2D eigenvalue weighted by atomic mass is 10.4. The van der Waals surface area contributed by atoms with Crippen molar-refractivity contribution < 1.29 is 19.0 Å². The maximum atomic E-state index is 11.3. The standard InChI is InChI=1S/C5H9FO3/c1-4(5(7)8)9-3-2-6/h4H,2-3H2,1H3,(H,7,8)/t4-/m0/s1. The molecule has 0 saturated carbocycles. The number of alkyl halides is 1. The van der Waals surface area contributed by atoms with Crippen molar-refractivity contribution in [3.63, 3.8) is 0 Å². The van der Waals surface area contributed by atoms with Crippen LogP contribution >= 0.6 is 0 Å². The molecule has 0 amide bonds. The highest BCUT2D eigenvalue weighted by Gasteiger charge is 2.09. The van der Waals surface area contributed by atoms with Crippen molar-refractivity contribution in [2.75, 3.05) is 13.3 Å². The summed E-state index contributed by atoms with van der Waals surface area (Å²) in [6.07, 6.45) is -0.902. The fraction of sp³-hybridized carbons (Fsp3) is 0.800. The maximum absolute atomic E-state index is 11.3. The Morgan fingerprint density at radius 1 is 1.89 bits per heavy atom. The monoisotopic (exact) mass is 136 g/mol. The molecular weight excluding hydrogens is 127 g/mol. The number of hydrogen-bond acceptors (Lipinski definition) is 2. The van der Waals surface area contributed by atoms with Gasteiger partial charge in [0.2, 0.25) is 0 Å². The Morgan fingerprint density at radius 3 is 2.78 bits per heavy atom. The lowest BCUT2D eigenvalue weighted by Crippen LogP contribution is -2.20. The van der Waals surface area contributed by atoms with Gasteiger partial charge in [-0.25, -0.2) is 9.18 Å². The first-order valence-corrected chi connectivity index (χ1v) is 2.59. The molecule has 4 heteroatoms. The summed E-state index contributed by atoms with van der Waals surface area (Å²) < 4.78 is 15.8. The van der Waals surface area contributed by atoms with E-state index >= 15 is 0 Å². The van der Waals surface area contributed by atoms with Gasteiger partial charge >= 0.3 is 5.97 Å². The van der Waals surface area contributed by atoms with E-state index in [1.54, 1.807) is 0 Å². The highest BCUT2D eigenvalue weighted by molar-refractivity contribution is 5.71. The molecule has 0 aliphatic carbocycles. The predicted octanol–water partition coefficient (Wildman–Crippen LogP) is 0.446. The van der Waals surface area contributed by atoms with Gasteiger partial charge in [0.25, 0.3) is 0 Å². The van der Waals surface area contributed by atoms with Crippen LogP contribution in [0.25, 0.3) is 0 Å². The summed E-state index contributed by atoms with van der Waals surface area (Å²) in [5, 5.41) is 8.16. The molecule has 0 aliphatic rings. The lowest BCUT2D eigenvalue weighted by molar-refractivity contribution is -0.149. The first kappa shape index (κ1) is 8.36. The van der Waals surface area contributed by atoms with Crippen LogP contribution in [0.5, 0.6) is 0 Å². The van der Waals surface area contributed by atoms with E-state index in [1.807, 2.05) is 0 Å². The van der Waals surface area contributed by atoms with Crippen molar-refractivity contribution in [1.29, 1.82) is 0 Å². The summed E-state index contributed by atoms with van der Waals surface area (Å²) in [6, 6.07) is 0. The van der Waals surface area contributed by atoms with Crippen molar-refractivity contribution >= 4 is 5.97 Å². The van der Waals surface area contributed by atoms with E-state index in [4.69, 9.17) is 5.11 Å². The summed E-state index contributed by atoms with van der Waals surface area (Å²) >= 11 is 0. The van der Waals surface area contributed by atoms with Gasteiger partial charge in [0.05, 0.1) is 6.61 Å². The minimum atomic E-state index is -1.07. The Labute approximate surface area is 52.4 Å². The highest BCUT2D eigenvalue weighted by atomic mass is 19.1. The normalized spacial score (nSPS) is 13.1. The van der Waals surface area contributed by atoms with Crippen LogP contribution in [0.3, 0.4) is 0 Å². The molecule has 0 aromatic rings. The van der Waals surface area contributed by atoms with Crippen molar-refractivity contribution in [1.82, 2.24) is 0 Å². The van der Waals surface area contributed by atoms with Crippen LogP contribution < -0.4 is 0 Å². The Bertz CT molecular complexity index is 94.2. The maximum Gasteiger partial charge on any atom is 0.332 e. The SMILES string of the molecule is C[C@H](OCCF)C(=O)O. The van der Waals surface area contributed by atoms with Crippen LogP contribution in [0, 0.1) is 0 Å². The third kappa shape index (κ3) is 3.90. The van der Waals surface area contributed by atoms with Crippen LogP contribution in [0.1, 0.15) is 6.92 Å². The average molecular weight is 136 g/mol. The first-order chi connectivity index (χ1) is 4.18. The summed E-state index contributed by atoms with van der Waals surface area (Å²) in [6.45, 7) is 0.572. The van der Waals surface area contributed by atoms with Crippen molar-refractivity contribution in [3.05, 3.63) is 0 Å². The quantitative estimate of drug-likeness (QED) is 0.610. The number of ether oxygens (including phenoxy) is 1. The van der Waals surface area contributed by atoms with Gasteiger partial charge in [-0.15, -0.1) is 0 Å². The van der Waals surface area contributed by atoms with E-state index in [1.165, 1.54) is 6.92 Å². The molecule has 0 spiro atoms. The summed E-state index contributed by atoms with van der Waals surface area (Å²) in [7, 11) is 0. The highest BCUT2D eigenvalue weighted by Crippen LogP contribution is 1.88. The Kier molecular flexibility index (Phi) is 3.96. The van der Waals surface area contributed by atoms with E-state index in [9.17, 15) is 9.18 Å². The molecule has 0 aromatic carbocycles. The summed E-state index contributed by atoms with van der Waals surface area (Å²) in [4.78, 5) is 9.96. The molecule has 0 bridgehead atoms. The van der Waals surface area contributed by atoms with Crippen LogP contribution in [-0.4, -0.2) is 30.5 Å². The number of carboxylic acid groups (broad SMARTS) is 1. The summed E-state index contributed by atoms with van der Waals surface area (Å²) in [5.41, 5.74) is 0. The third-order valence-corrected chi connectivity index (χ3v) is 0.793. The Balaban J connectivity index is 3.27. The summed E-state index contributed by atoms with van der Waals surface area (Å²) in [5.74, 6) is -1.07. The molecule has 1 atom stereocenters. The van der Waals surface area contributed by atoms with Gasteiger partial charge < -0.3 is 9.84 Å². The van der Waals surface area contributed by atoms with Gasteiger partial charge in [-0.05, 0) is 6.92 Å². The third-order valence-electron chi connectivity index (χ3n) is 0.793. The Hall–Kier alpha value is -0.640. The molecule has 3 nitrogen and oxygen atoms in total. The second-order valence-corrected chi connectivity index (χ2v) is 1.54. The van der Waals surface area contributed by atoms with Gasteiger partial charge in [-0.1, -0.05) is 0 Å². The molecule has 0 radical (unpaired) electrons. The Morgan fingerprint density at radius 2 is 2.44 bits per heavy atom. The number of carbonyl (C=O) groups is 1. The van der Waals surface area contributed by atoms with E-state index in [-0.39, 0.29) is 6.61 Å². The first-order valence-electron chi connectivity index (χ1n) is 2.59. The fourth-order valence-electron chi connectivity index (χ4n) is 0.293. The second kappa shape index (κ2) is 4.26. The van der Waals surface area contributed by atoms with E-state index in [0.29, 0.717) is 0 Å². The van der Waals surface area contributed by atoms with Crippen molar-refractivity contribution in [2.24, 2.45) is 0 Å². The van der Waals surface area contributed by atoms with Gasteiger partial charge in [0.15, 0.2) is 6.10 Å². The molecule has 0 rings (SSSR count). The molecule has 1 N–H and O–H groups in total. The fourth-order valence-corrected chi connectivity index (χ4v) is 0.293. The van der Waals surface area contributed by atoms with E-state index < -0.39 is 18.7 Å². The molecular formula is C5H9FO3. The van der Waals surface area contributed by atoms with Gasteiger partial charge in [0, 0.05) is 0 Å². The van der Waals surface area contributed by atoms with Gasteiger partial charge in [-0.3, -0.25) is 0 Å². The molecule has 0 fully saturated rings. The molecule has 0 saturated heterocycles. The zero-order valence-electron chi connectivity index (χ0n) is 5.13. The lowest BCUT2D eigenvalue weighted by Gasteiger charge is -2.04. The number of hydrogen-bond donors (Lipinski definition) is 1. The largest absolute Gasteiger partial charge is 0.479 e. The van der Waals surface area contributed by atoms with Crippen LogP contribution in [0.2, 0.25) is 0 Å². The number of rotatable bonds is 4. The van der Waals surface area contributed by atoms with E-state index in [2.05, 4.69) is 4.74 Å². The number of halogens is 1. The van der Waals surface area contributed by atoms with E-state index in [0.717, 1.165) is 0 Å². The van der Waals surface area contributed by atoms with Crippen molar-refractivity contribution in [3.8, 4) is 0 Å². The number of carboxylic acids is 1. The minimum absolute atomic E-state index is 0.145. The van der Waals surface area contributed by atoms with Crippen molar-refractivity contribution in [2.45, 2.75) is 13.0 Å². The molecule has 0 aromatic heterocycles. The molecule has 9 heavy (non-hydrogen) atoms. The van der Waals surface area contributed by atoms with Crippen LogP contribution in [-0.2, 0) is 9.53 Å². The van der Waals surface area contributed by atoms with Crippen LogP contribution in [0.4, 0.5) is 4.39 Å². The second-order valence-electron chi connectivity index (χ2n) is 1.54. The molecule has 54 valence electrons. The number of aliphatic carboxylic acids is 1. The smallest absolute Gasteiger partial charge is 0.332 e. The zero-order valence-corrected chi connectivity index (χ0v) is 5.13. The minimum Gasteiger partial charge on any atom is -0.479 e. The molecule has 0 unspecified atom stereocenters. The van der Waals surface area contributed by atoms with Crippen LogP contribution in [0.15, 0.2) is 0 Å². The topological polar surface area (TPSA) is 46.5 Å².